The lowest BCUT2D eigenvalue weighted by molar-refractivity contribution is -0.111. The Labute approximate surface area is 84.6 Å². The fraction of sp³-hybridized carbons (Fsp3) is 0.545. The SMILES string of the molecule is C/N=C(\C)C1(C)CC=CC(C(C)=O)=N1. The van der Waals surface area contributed by atoms with Crippen molar-refractivity contribution in [3.05, 3.63) is 12.2 Å². The van der Waals surface area contributed by atoms with Crippen LogP contribution in [-0.4, -0.2) is 29.8 Å². The highest BCUT2D eigenvalue weighted by molar-refractivity contribution is 6.44. The summed E-state index contributed by atoms with van der Waals surface area (Å²) >= 11 is 0. The summed E-state index contributed by atoms with van der Waals surface area (Å²) in [6, 6.07) is 0. The van der Waals surface area contributed by atoms with E-state index in [0.717, 1.165) is 12.1 Å². The van der Waals surface area contributed by atoms with Gasteiger partial charge in [0.05, 0.1) is 5.54 Å². The van der Waals surface area contributed by atoms with Crippen molar-refractivity contribution >= 4 is 17.2 Å². The standard InChI is InChI=1S/C11H16N2O/c1-8(14)10-6-5-7-11(3,13-10)9(2)12-4/h5-6H,7H2,1-4H3/b12-9+. The molecule has 0 N–H and O–H groups in total. The van der Waals surface area contributed by atoms with Crippen LogP contribution in [0, 0.1) is 0 Å². The Morgan fingerprint density at radius 1 is 1.57 bits per heavy atom. The third-order valence-electron chi connectivity index (χ3n) is 2.63. The maximum absolute atomic E-state index is 11.2. The van der Waals surface area contributed by atoms with Crippen molar-refractivity contribution in [3.63, 3.8) is 0 Å². The van der Waals surface area contributed by atoms with Crippen LogP contribution < -0.4 is 0 Å². The van der Waals surface area contributed by atoms with Crippen molar-refractivity contribution < 1.29 is 4.79 Å². The molecule has 76 valence electrons. The van der Waals surface area contributed by atoms with Crippen molar-refractivity contribution in [2.45, 2.75) is 32.7 Å². The van der Waals surface area contributed by atoms with E-state index in [-0.39, 0.29) is 11.3 Å². The van der Waals surface area contributed by atoms with Gasteiger partial charge in [0.2, 0.25) is 0 Å². The van der Waals surface area contributed by atoms with Crippen molar-refractivity contribution in [2.75, 3.05) is 7.05 Å². The Morgan fingerprint density at radius 3 is 2.71 bits per heavy atom. The summed E-state index contributed by atoms with van der Waals surface area (Å²) in [5.41, 5.74) is 1.17. The quantitative estimate of drug-likeness (QED) is 0.615. The van der Waals surface area contributed by atoms with Gasteiger partial charge in [-0.05, 0) is 26.3 Å². The molecular weight excluding hydrogens is 176 g/mol. The van der Waals surface area contributed by atoms with E-state index in [4.69, 9.17) is 0 Å². The fourth-order valence-electron chi connectivity index (χ4n) is 1.41. The Morgan fingerprint density at radius 2 is 2.21 bits per heavy atom. The fourth-order valence-corrected chi connectivity index (χ4v) is 1.41. The summed E-state index contributed by atoms with van der Waals surface area (Å²) in [6.07, 6.45) is 4.58. The molecule has 1 aliphatic heterocycles. The summed E-state index contributed by atoms with van der Waals surface area (Å²) in [5.74, 6) is 0.0103. The molecule has 0 fully saturated rings. The summed E-state index contributed by atoms with van der Waals surface area (Å²) in [4.78, 5) is 19.8. The van der Waals surface area contributed by atoms with Gasteiger partial charge in [-0.2, -0.15) is 0 Å². The van der Waals surface area contributed by atoms with E-state index in [1.807, 2.05) is 19.9 Å². The zero-order valence-electron chi connectivity index (χ0n) is 9.16. The smallest absolute Gasteiger partial charge is 0.177 e. The predicted octanol–water partition coefficient (Wildman–Crippen LogP) is 1.83. The third kappa shape index (κ3) is 1.97. The largest absolute Gasteiger partial charge is 0.295 e. The second-order valence-electron chi connectivity index (χ2n) is 3.74. The minimum absolute atomic E-state index is 0.0103. The summed E-state index contributed by atoms with van der Waals surface area (Å²) in [6.45, 7) is 5.48. The van der Waals surface area contributed by atoms with Crippen LogP contribution in [0.15, 0.2) is 22.1 Å². The molecule has 0 aliphatic carbocycles. The lowest BCUT2D eigenvalue weighted by atomic mass is 9.90. The monoisotopic (exact) mass is 192 g/mol. The molecule has 0 amide bonds. The van der Waals surface area contributed by atoms with E-state index in [1.54, 1.807) is 13.1 Å². The molecule has 1 rings (SSSR count). The molecule has 0 spiro atoms. The van der Waals surface area contributed by atoms with Crippen LogP contribution in [0.4, 0.5) is 0 Å². The molecule has 1 atom stereocenters. The van der Waals surface area contributed by atoms with Gasteiger partial charge in [0.25, 0.3) is 0 Å². The molecule has 14 heavy (non-hydrogen) atoms. The minimum atomic E-state index is -0.329. The molecule has 0 aromatic carbocycles. The number of nitrogens with zero attached hydrogens (tertiary/aromatic N) is 2. The van der Waals surface area contributed by atoms with Crippen LogP contribution in [0.5, 0.6) is 0 Å². The van der Waals surface area contributed by atoms with Gasteiger partial charge in [-0.25, -0.2) is 0 Å². The molecule has 0 aromatic heterocycles. The number of carbonyl (C=O) groups is 1. The van der Waals surface area contributed by atoms with Gasteiger partial charge in [-0.3, -0.25) is 14.8 Å². The van der Waals surface area contributed by atoms with Crippen LogP contribution in [0.2, 0.25) is 0 Å². The second-order valence-corrected chi connectivity index (χ2v) is 3.74. The normalized spacial score (nSPS) is 27.4. The van der Waals surface area contributed by atoms with Gasteiger partial charge in [0, 0.05) is 19.7 Å². The first-order valence-corrected chi connectivity index (χ1v) is 4.71. The second kappa shape index (κ2) is 3.86. The average Bonchev–Trinajstić information content (AvgIpc) is 2.16. The zero-order chi connectivity index (χ0) is 10.8. The summed E-state index contributed by atoms with van der Waals surface area (Å²) < 4.78 is 0. The van der Waals surface area contributed by atoms with Gasteiger partial charge in [0.15, 0.2) is 5.78 Å². The summed E-state index contributed by atoms with van der Waals surface area (Å²) in [5, 5.41) is 0. The van der Waals surface area contributed by atoms with Crippen LogP contribution >= 0.6 is 0 Å². The lowest BCUT2D eigenvalue weighted by Crippen LogP contribution is -2.35. The molecule has 3 heteroatoms. The first kappa shape index (κ1) is 10.8. The molecule has 0 saturated carbocycles. The van der Waals surface area contributed by atoms with Crippen LogP contribution in [0.25, 0.3) is 0 Å². The Kier molecular flexibility index (Phi) is 2.99. The number of hydrogen-bond donors (Lipinski definition) is 0. The van der Waals surface area contributed by atoms with Crippen LogP contribution in [0.3, 0.4) is 0 Å². The Hall–Kier alpha value is -1.25. The van der Waals surface area contributed by atoms with E-state index in [9.17, 15) is 4.79 Å². The topological polar surface area (TPSA) is 41.8 Å². The highest BCUT2D eigenvalue weighted by Crippen LogP contribution is 2.22. The number of rotatable bonds is 2. The van der Waals surface area contributed by atoms with E-state index in [0.29, 0.717) is 5.71 Å². The van der Waals surface area contributed by atoms with Crippen molar-refractivity contribution in [1.29, 1.82) is 0 Å². The number of allylic oxidation sites excluding steroid dienone is 1. The molecule has 1 heterocycles. The molecule has 0 saturated heterocycles. The van der Waals surface area contributed by atoms with E-state index < -0.39 is 0 Å². The van der Waals surface area contributed by atoms with E-state index in [2.05, 4.69) is 9.98 Å². The number of ketones is 1. The van der Waals surface area contributed by atoms with Gasteiger partial charge < -0.3 is 0 Å². The number of hydrogen-bond acceptors (Lipinski definition) is 3. The van der Waals surface area contributed by atoms with E-state index in [1.165, 1.54) is 6.92 Å². The molecule has 1 unspecified atom stereocenters. The molecular formula is C11H16N2O. The third-order valence-corrected chi connectivity index (χ3v) is 2.63. The number of dihydropyridines is 1. The number of carbonyl (C=O) groups excluding carboxylic acids is 1. The maximum atomic E-state index is 11.2. The molecule has 0 bridgehead atoms. The predicted molar refractivity (Wildman–Crippen MR) is 59.3 cm³/mol. The number of Topliss-reactive ketones (excluding diaryl/α,β-unsaturated/α-hetero) is 1. The van der Waals surface area contributed by atoms with Gasteiger partial charge in [-0.15, -0.1) is 0 Å². The minimum Gasteiger partial charge on any atom is -0.295 e. The maximum Gasteiger partial charge on any atom is 0.177 e. The molecule has 3 nitrogen and oxygen atoms in total. The molecule has 1 aliphatic rings. The average molecular weight is 192 g/mol. The Bertz CT molecular complexity index is 339. The molecule has 0 aromatic rings. The van der Waals surface area contributed by atoms with Gasteiger partial charge in [-0.1, -0.05) is 6.08 Å². The van der Waals surface area contributed by atoms with Gasteiger partial charge in [0.1, 0.15) is 5.71 Å². The Balaban J connectivity index is 3.06. The van der Waals surface area contributed by atoms with E-state index >= 15 is 0 Å². The highest BCUT2D eigenvalue weighted by atomic mass is 16.1. The van der Waals surface area contributed by atoms with Crippen LogP contribution in [0.1, 0.15) is 27.2 Å². The highest BCUT2D eigenvalue weighted by Gasteiger charge is 2.28. The number of aliphatic imine (C=N–C) groups is 2. The first-order chi connectivity index (χ1) is 6.49. The van der Waals surface area contributed by atoms with Crippen LogP contribution in [-0.2, 0) is 4.79 Å². The van der Waals surface area contributed by atoms with Gasteiger partial charge >= 0.3 is 0 Å². The summed E-state index contributed by atoms with van der Waals surface area (Å²) in [7, 11) is 1.75. The lowest BCUT2D eigenvalue weighted by Gasteiger charge is -2.26. The van der Waals surface area contributed by atoms with Crippen molar-refractivity contribution in [2.24, 2.45) is 9.98 Å². The molecule has 0 radical (unpaired) electrons. The van der Waals surface area contributed by atoms with Crippen molar-refractivity contribution in [3.8, 4) is 0 Å². The first-order valence-electron chi connectivity index (χ1n) is 4.71. The van der Waals surface area contributed by atoms with Crippen molar-refractivity contribution in [1.82, 2.24) is 0 Å². The zero-order valence-corrected chi connectivity index (χ0v) is 9.16.